The Balaban J connectivity index is 1.85. The second-order valence-electron chi connectivity index (χ2n) is 4.16. The van der Waals surface area contributed by atoms with E-state index in [4.69, 9.17) is 0 Å². The van der Waals surface area contributed by atoms with Crippen molar-refractivity contribution in [3.8, 4) is 0 Å². The Kier molecular flexibility index (Phi) is 3.25. The fourth-order valence-corrected chi connectivity index (χ4v) is 2.64. The molecule has 0 aliphatic carbocycles. The maximum atomic E-state index is 12.2. The third kappa shape index (κ3) is 2.48. The van der Waals surface area contributed by atoms with Gasteiger partial charge in [0.15, 0.2) is 0 Å². The molecule has 2 aromatic heterocycles. The van der Waals surface area contributed by atoms with Crippen LogP contribution >= 0.6 is 11.3 Å². The first-order chi connectivity index (χ1) is 9.34. The Bertz CT molecular complexity index is 702. The summed E-state index contributed by atoms with van der Waals surface area (Å²) in [4.78, 5) is 17.4. The number of rotatable bonds is 3. The maximum absolute atomic E-state index is 12.2. The van der Waals surface area contributed by atoms with E-state index in [1.54, 1.807) is 23.7 Å². The van der Waals surface area contributed by atoms with Crippen molar-refractivity contribution in [2.24, 2.45) is 0 Å². The molecule has 0 unspecified atom stereocenters. The second kappa shape index (κ2) is 5.20. The monoisotopic (exact) mass is 268 g/mol. The Morgan fingerprint density at radius 1 is 1.21 bits per heavy atom. The number of nitrogens with one attached hydrogen (secondary N) is 1. The zero-order valence-electron chi connectivity index (χ0n) is 10.2. The van der Waals surface area contributed by atoms with Crippen LogP contribution in [0, 0.1) is 0 Å². The first-order valence-corrected chi connectivity index (χ1v) is 6.86. The summed E-state index contributed by atoms with van der Waals surface area (Å²) in [6.07, 6.45) is 3.48. The number of pyridine rings is 1. The van der Waals surface area contributed by atoms with Crippen molar-refractivity contribution in [2.75, 3.05) is 0 Å². The molecule has 0 radical (unpaired) electrons. The minimum absolute atomic E-state index is 0.0507. The Labute approximate surface area is 114 Å². The van der Waals surface area contributed by atoms with Crippen LogP contribution in [0.15, 0.2) is 54.2 Å². The lowest BCUT2D eigenvalue weighted by molar-refractivity contribution is 0.0953. The molecule has 0 spiro atoms. The average molecular weight is 268 g/mol. The lowest BCUT2D eigenvalue weighted by Crippen LogP contribution is -2.22. The summed E-state index contributed by atoms with van der Waals surface area (Å²) in [7, 11) is 0. The lowest BCUT2D eigenvalue weighted by atomic mass is 10.1. The van der Waals surface area contributed by atoms with Gasteiger partial charge in [0.2, 0.25) is 0 Å². The maximum Gasteiger partial charge on any atom is 0.252 e. The summed E-state index contributed by atoms with van der Waals surface area (Å²) < 4.78 is 0. The van der Waals surface area contributed by atoms with Crippen LogP contribution in [0.25, 0.3) is 10.8 Å². The molecule has 0 aliphatic heterocycles. The lowest BCUT2D eigenvalue weighted by Gasteiger charge is -2.06. The number of amides is 1. The second-order valence-corrected chi connectivity index (χ2v) is 5.20. The van der Waals surface area contributed by atoms with Crippen molar-refractivity contribution in [1.29, 1.82) is 0 Å². The van der Waals surface area contributed by atoms with Gasteiger partial charge in [0.25, 0.3) is 5.91 Å². The molecule has 1 N–H and O–H groups in total. The van der Waals surface area contributed by atoms with Crippen LogP contribution in [0.1, 0.15) is 15.2 Å². The van der Waals surface area contributed by atoms with Crippen molar-refractivity contribution in [3.63, 3.8) is 0 Å². The van der Waals surface area contributed by atoms with Crippen molar-refractivity contribution < 1.29 is 4.79 Å². The van der Waals surface area contributed by atoms with E-state index in [0.29, 0.717) is 12.1 Å². The summed E-state index contributed by atoms with van der Waals surface area (Å²) in [5, 5.41) is 6.86. The predicted molar refractivity (Wildman–Crippen MR) is 77.2 cm³/mol. The highest BCUT2D eigenvalue weighted by Gasteiger charge is 2.09. The number of thiophene rings is 1. The Morgan fingerprint density at radius 2 is 2.16 bits per heavy atom. The van der Waals surface area contributed by atoms with Gasteiger partial charge in [-0.15, -0.1) is 11.3 Å². The zero-order chi connectivity index (χ0) is 13.1. The number of hydrogen-bond acceptors (Lipinski definition) is 3. The van der Waals surface area contributed by atoms with Crippen molar-refractivity contribution in [2.45, 2.75) is 6.54 Å². The molecule has 4 heteroatoms. The zero-order valence-corrected chi connectivity index (χ0v) is 11.0. The molecule has 0 saturated heterocycles. The highest BCUT2D eigenvalue weighted by atomic mass is 32.1. The quantitative estimate of drug-likeness (QED) is 0.792. The van der Waals surface area contributed by atoms with Gasteiger partial charge in [-0.3, -0.25) is 9.78 Å². The summed E-state index contributed by atoms with van der Waals surface area (Å²) in [6.45, 7) is 0.567. The third-order valence-electron chi connectivity index (χ3n) is 2.93. The van der Waals surface area contributed by atoms with Crippen LogP contribution < -0.4 is 5.32 Å². The molecule has 19 heavy (non-hydrogen) atoms. The molecule has 0 bridgehead atoms. The molecule has 0 aliphatic rings. The van der Waals surface area contributed by atoms with Gasteiger partial charge in [-0.05, 0) is 29.0 Å². The van der Waals surface area contributed by atoms with E-state index in [-0.39, 0.29) is 5.91 Å². The standard InChI is InChI=1S/C15H12N2OS/c18-15(17-10-12-4-2-8-19-12)14-5-1-3-11-9-16-7-6-13(11)14/h1-9H,10H2,(H,17,18). The fraction of sp³-hybridized carbons (Fsp3) is 0.0667. The van der Waals surface area contributed by atoms with Gasteiger partial charge in [-0.1, -0.05) is 18.2 Å². The fourth-order valence-electron chi connectivity index (χ4n) is 2.00. The van der Waals surface area contributed by atoms with Crippen molar-refractivity contribution in [1.82, 2.24) is 10.3 Å². The minimum Gasteiger partial charge on any atom is -0.347 e. The average Bonchev–Trinajstić information content (AvgIpc) is 2.97. The number of carbonyl (C=O) groups is 1. The molecule has 3 nitrogen and oxygen atoms in total. The van der Waals surface area contributed by atoms with E-state index >= 15 is 0 Å². The van der Waals surface area contributed by atoms with E-state index < -0.39 is 0 Å². The number of aromatic nitrogens is 1. The molecule has 0 saturated carbocycles. The van der Waals surface area contributed by atoms with Crippen molar-refractivity contribution >= 4 is 28.0 Å². The third-order valence-corrected chi connectivity index (χ3v) is 3.81. The molecule has 3 aromatic rings. The predicted octanol–water partition coefficient (Wildman–Crippen LogP) is 3.23. The molecule has 0 atom stereocenters. The highest BCUT2D eigenvalue weighted by molar-refractivity contribution is 7.09. The van der Waals surface area contributed by atoms with Crippen LogP contribution in [0.3, 0.4) is 0 Å². The Morgan fingerprint density at radius 3 is 3.00 bits per heavy atom. The van der Waals surface area contributed by atoms with Gasteiger partial charge in [0.1, 0.15) is 0 Å². The van der Waals surface area contributed by atoms with Gasteiger partial charge >= 0.3 is 0 Å². The molecule has 1 amide bonds. The van der Waals surface area contributed by atoms with Gasteiger partial charge in [0, 0.05) is 28.2 Å². The molecule has 0 fully saturated rings. The number of benzene rings is 1. The molecule has 94 valence electrons. The normalized spacial score (nSPS) is 10.5. The van der Waals surface area contributed by atoms with Crippen molar-refractivity contribution in [3.05, 3.63) is 64.6 Å². The van der Waals surface area contributed by atoms with Crippen LogP contribution in [0.2, 0.25) is 0 Å². The molecule has 1 aromatic carbocycles. The minimum atomic E-state index is -0.0507. The van der Waals surface area contributed by atoms with Crippen LogP contribution in [-0.4, -0.2) is 10.9 Å². The number of nitrogens with zero attached hydrogens (tertiary/aromatic N) is 1. The van der Waals surface area contributed by atoms with E-state index in [0.717, 1.165) is 15.6 Å². The summed E-state index contributed by atoms with van der Waals surface area (Å²) in [6, 6.07) is 11.5. The van der Waals surface area contributed by atoms with E-state index in [1.165, 1.54) is 0 Å². The van der Waals surface area contributed by atoms with Gasteiger partial charge in [-0.2, -0.15) is 0 Å². The molecular formula is C15H12N2OS. The van der Waals surface area contributed by atoms with Crippen LogP contribution in [0.5, 0.6) is 0 Å². The topological polar surface area (TPSA) is 42.0 Å². The smallest absolute Gasteiger partial charge is 0.252 e. The van der Waals surface area contributed by atoms with Gasteiger partial charge < -0.3 is 5.32 Å². The largest absolute Gasteiger partial charge is 0.347 e. The van der Waals surface area contributed by atoms with Gasteiger partial charge in [-0.25, -0.2) is 0 Å². The molecule has 2 heterocycles. The number of carbonyl (C=O) groups excluding carboxylic acids is 1. The van der Waals surface area contributed by atoms with E-state index in [9.17, 15) is 4.79 Å². The van der Waals surface area contributed by atoms with E-state index in [2.05, 4.69) is 10.3 Å². The summed E-state index contributed by atoms with van der Waals surface area (Å²) in [5.41, 5.74) is 0.691. The molecular weight excluding hydrogens is 256 g/mol. The van der Waals surface area contributed by atoms with Crippen LogP contribution in [-0.2, 0) is 6.54 Å². The Hall–Kier alpha value is -2.20. The van der Waals surface area contributed by atoms with Gasteiger partial charge in [0.05, 0.1) is 6.54 Å². The van der Waals surface area contributed by atoms with E-state index in [1.807, 2.05) is 41.8 Å². The summed E-state index contributed by atoms with van der Waals surface area (Å²) in [5.74, 6) is -0.0507. The number of hydrogen-bond donors (Lipinski definition) is 1. The molecule has 3 rings (SSSR count). The van der Waals surface area contributed by atoms with Crippen LogP contribution in [0.4, 0.5) is 0 Å². The SMILES string of the molecule is O=C(NCc1cccs1)c1cccc2cnccc12. The first kappa shape index (κ1) is 11.9. The summed E-state index contributed by atoms with van der Waals surface area (Å²) >= 11 is 1.64. The highest BCUT2D eigenvalue weighted by Crippen LogP contribution is 2.17. The first-order valence-electron chi connectivity index (χ1n) is 5.98. The number of fused-ring (bicyclic) bond motifs is 1.